The second kappa shape index (κ2) is 10.9. The number of hydrogen-bond acceptors (Lipinski definition) is 4. The SMILES string of the molecule is CCOc1cc(CNCc2ccco2)ccc1OCc1ccc(Cl)cc1.[Cl-]. The molecule has 0 unspecified atom stereocenters. The fraction of sp³-hybridized carbons (Fsp3) is 0.238. The van der Waals surface area contributed by atoms with Crippen LogP contribution in [0, 0.1) is 0 Å². The Hall–Kier alpha value is -2.14. The monoisotopic (exact) mass is 406 g/mol. The molecule has 0 radical (unpaired) electrons. The van der Waals surface area contributed by atoms with Crippen molar-refractivity contribution in [2.24, 2.45) is 0 Å². The van der Waals surface area contributed by atoms with E-state index in [2.05, 4.69) is 5.32 Å². The quantitative estimate of drug-likeness (QED) is 0.591. The van der Waals surface area contributed by atoms with E-state index >= 15 is 0 Å². The van der Waals surface area contributed by atoms with Crippen molar-refractivity contribution in [2.45, 2.75) is 26.6 Å². The van der Waals surface area contributed by atoms with E-state index in [1.165, 1.54) is 0 Å². The fourth-order valence-electron chi connectivity index (χ4n) is 2.53. The lowest BCUT2D eigenvalue weighted by Gasteiger charge is -2.14. The van der Waals surface area contributed by atoms with Crippen LogP contribution in [0.5, 0.6) is 11.5 Å². The molecule has 0 amide bonds. The van der Waals surface area contributed by atoms with Gasteiger partial charge in [-0.25, -0.2) is 0 Å². The van der Waals surface area contributed by atoms with Gasteiger partial charge in [0.05, 0.1) is 19.4 Å². The van der Waals surface area contributed by atoms with E-state index in [1.807, 2.05) is 61.5 Å². The maximum absolute atomic E-state index is 5.93. The number of furan rings is 1. The maximum atomic E-state index is 5.93. The predicted octanol–water partition coefficient (Wildman–Crippen LogP) is 2.20. The Kier molecular flexibility index (Phi) is 8.52. The van der Waals surface area contributed by atoms with Crippen molar-refractivity contribution in [3.8, 4) is 11.5 Å². The minimum atomic E-state index is 0. The standard InChI is InChI=1S/C21H22ClNO3.ClH/c1-2-24-21-12-17(13-23-14-19-4-3-11-25-19)7-10-20(21)26-15-16-5-8-18(22)9-6-16;/h3-12,23H,2,13-15H2,1H3;1H/p-1. The van der Waals surface area contributed by atoms with Crippen LogP contribution >= 0.6 is 11.6 Å². The van der Waals surface area contributed by atoms with Crippen molar-refractivity contribution < 1.29 is 26.3 Å². The molecule has 1 heterocycles. The molecule has 0 spiro atoms. The summed E-state index contributed by atoms with van der Waals surface area (Å²) in [6.07, 6.45) is 1.68. The van der Waals surface area contributed by atoms with Crippen LogP contribution in [0.2, 0.25) is 5.02 Å². The number of nitrogens with one attached hydrogen (secondary N) is 1. The molecule has 0 aliphatic heterocycles. The average Bonchev–Trinajstić information content (AvgIpc) is 3.16. The van der Waals surface area contributed by atoms with Crippen LogP contribution in [0.1, 0.15) is 23.8 Å². The van der Waals surface area contributed by atoms with E-state index in [9.17, 15) is 0 Å². The Balaban J connectivity index is 0.00000261. The van der Waals surface area contributed by atoms with E-state index in [1.54, 1.807) is 6.26 Å². The first kappa shape index (κ1) is 21.2. The molecule has 3 aromatic rings. The largest absolute Gasteiger partial charge is 1.00 e. The molecule has 0 fully saturated rings. The van der Waals surface area contributed by atoms with Gasteiger partial charge in [0.15, 0.2) is 11.5 Å². The summed E-state index contributed by atoms with van der Waals surface area (Å²) in [5, 5.41) is 4.07. The molecule has 0 atom stereocenters. The van der Waals surface area contributed by atoms with Crippen LogP contribution in [0.25, 0.3) is 0 Å². The highest BCUT2D eigenvalue weighted by atomic mass is 35.5. The Morgan fingerprint density at radius 2 is 1.70 bits per heavy atom. The first-order valence-electron chi connectivity index (χ1n) is 8.60. The van der Waals surface area contributed by atoms with Gasteiger partial charge in [-0.2, -0.15) is 0 Å². The minimum Gasteiger partial charge on any atom is -1.00 e. The maximum Gasteiger partial charge on any atom is 0.161 e. The van der Waals surface area contributed by atoms with Gasteiger partial charge in [-0.15, -0.1) is 0 Å². The summed E-state index contributed by atoms with van der Waals surface area (Å²) in [4.78, 5) is 0. The highest BCUT2D eigenvalue weighted by Crippen LogP contribution is 2.29. The summed E-state index contributed by atoms with van der Waals surface area (Å²) in [5.41, 5.74) is 2.18. The third-order valence-electron chi connectivity index (χ3n) is 3.82. The highest BCUT2D eigenvalue weighted by molar-refractivity contribution is 6.30. The molecule has 0 aliphatic rings. The third kappa shape index (κ3) is 6.51. The summed E-state index contributed by atoms with van der Waals surface area (Å²) in [6.45, 7) is 4.42. The number of ether oxygens (including phenoxy) is 2. The zero-order valence-electron chi connectivity index (χ0n) is 15.1. The zero-order valence-corrected chi connectivity index (χ0v) is 16.6. The lowest BCUT2D eigenvalue weighted by atomic mass is 10.2. The molecule has 0 saturated heterocycles. The normalized spacial score (nSPS) is 10.3. The highest BCUT2D eigenvalue weighted by Gasteiger charge is 2.07. The van der Waals surface area contributed by atoms with Gasteiger partial charge < -0.3 is 31.6 Å². The van der Waals surface area contributed by atoms with Crippen LogP contribution in [0.3, 0.4) is 0 Å². The van der Waals surface area contributed by atoms with Crippen molar-refractivity contribution in [3.63, 3.8) is 0 Å². The van der Waals surface area contributed by atoms with Crippen molar-refractivity contribution in [1.82, 2.24) is 5.32 Å². The predicted molar refractivity (Wildman–Crippen MR) is 103 cm³/mol. The summed E-state index contributed by atoms with van der Waals surface area (Å²) >= 11 is 5.91. The second-order valence-corrected chi connectivity index (χ2v) is 6.25. The minimum absolute atomic E-state index is 0. The molecule has 0 bridgehead atoms. The summed E-state index contributed by atoms with van der Waals surface area (Å²) in [7, 11) is 0. The van der Waals surface area contributed by atoms with Crippen molar-refractivity contribution >= 4 is 11.6 Å². The van der Waals surface area contributed by atoms with Crippen LogP contribution in [0.4, 0.5) is 0 Å². The van der Waals surface area contributed by atoms with Crippen molar-refractivity contribution in [3.05, 3.63) is 82.8 Å². The Labute approximate surface area is 170 Å². The van der Waals surface area contributed by atoms with E-state index in [0.717, 1.165) is 40.0 Å². The number of halogens is 2. The van der Waals surface area contributed by atoms with Crippen LogP contribution < -0.4 is 27.2 Å². The molecule has 6 heteroatoms. The number of benzene rings is 2. The lowest BCUT2D eigenvalue weighted by Crippen LogP contribution is -3.00. The zero-order chi connectivity index (χ0) is 18.2. The smallest absolute Gasteiger partial charge is 0.161 e. The summed E-state index contributed by atoms with van der Waals surface area (Å²) in [6, 6.07) is 17.5. The van der Waals surface area contributed by atoms with Gasteiger partial charge in [0.25, 0.3) is 0 Å². The van der Waals surface area contributed by atoms with Gasteiger partial charge in [0, 0.05) is 11.6 Å². The van der Waals surface area contributed by atoms with E-state index in [0.29, 0.717) is 19.8 Å². The first-order chi connectivity index (χ1) is 12.7. The van der Waals surface area contributed by atoms with E-state index in [4.69, 9.17) is 25.5 Å². The molecule has 3 rings (SSSR count). The van der Waals surface area contributed by atoms with E-state index < -0.39 is 0 Å². The average molecular weight is 407 g/mol. The fourth-order valence-corrected chi connectivity index (χ4v) is 2.66. The first-order valence-corrected chi connectivity index (χ1v) is 8.98. The van der Waals surface area contributed by atoms with Gasteiger partial charge in [-0.1, -0.05) is 29.8 Å². The second-order valence-electron chi connectivity index (χ2n) is 5.81. The van der Waals surface area contributed by atoms with Gasteiger partial charge in [-0.05, 0) is 54.4 Å². The van der Waals surface area contributed by atoms with Crippen LogP contribution in [-0.4, -0.2) is 6.61 Å². The number of hydrogen-bond donors (Lipinski definition) is 1. The van der Waals surface area contributed by atoms with Crippen LogP contribution in [0.15, 0.2) is 65.3 Å². The topological polar surface area (TPSA) is 43.6 Å². The van der Waals surface area contributed by atoms with Crippen molar-refractivity contribution in [2.75, 3.05) is 6.61 Å². The Morgan fingerprint density at radius 3 is 2.41 bits per heavy atom. The van der Waals surface area contributed by atoms with E-state index in [-0.39, 0.29) is 12.4 Å². The van der Waals surface area contributed by atoms with Gasteiger partial charge in [0.1, 0.15) is 12.4 Å². The molecule has 4 nitrogen and oxygen atoms in total. The van der Waals surface area contributed by atoms with Gasteiger partial charge in [-0.3, -0.25) is 0 Å². The summed E-state index contributed by atoms with van der Waals surface area (Å²) in [5.74, 6) is 2.40. The molecule has 0 saturated carbocycles. The molecule has 144 valence electrons. The third-order valence-corrected chi connectivity index (χ3v) is 4.08. The van der Waals surface area contributed by atoms with Crippen molar-refractivity contribution in [1.29, 1.82) is 0 Å². The molecular formula is C21H22Cl2NO3-. The van der Waals surface area contributed by atoms with Gasteiger partial charge >= 0.3 is 0 Å². The molecule has 1 N–H and O–H groups in total. The molecule has 27 heavy (non-hydrogen) atoms. The Morgan fingerprint density at radius 1 is 0.926 bits per heavy atom. The van der Waals surface area contributed by atoms with Gasteiger partial charge in [0.2, 0.25) is 0 Å². The summed E-state index contributed by atoms with van der Waals surface area (Å²) < 4.78 is 17.0. The molecular weight excluding hydrogens is 385 g/mol. The lowest BCUT2D eigenvalue weighted by molar-refractivity contribution is -0.00000650. The van der Waals surface area contributed by atoms with Crippen LogP contribution in [-0.2, 0) is 19.7 Å². The molecule has 1 aromatic heterocycles. The number of rotatable bonds is 9. The molecule has 0 aliphatic carbocycles. The Bertz CT molecular complexity index is 805. The molecule has 2 aromatic carbocycles.